The highest BCUT2D eigenvalue weighted by Gasteiger charge is 2.54. The van der Waals surface area contributed by atoms with Gasteiger partial charge in [-0.05, 0) is 94.4 Å². The van der Waals surface area contributed by atoms with Gasteiger partial charge in [0.1, 0.15) is 10.8 Å². The zero-order valence-electron chi connectivity index (χ0n) is 21.1. The van der Waals surface area contributed by atoms with Crippen LogP contribution >= 0.6 is 11.3 Å². The number of benzene rings is 1. The van der Waals surface area contributed by atoms with Crippen molar-refractivity contribution in [3.63, 3.8) is 0 Å². The van der Waals surface area contributed by atoms with Gasteiger partial charge < -0.3 is 14.8 Å². The van der Waals surface area contributed by atoms with E-state index in [-0.39, 0.29) is 29.0 Å². The molecule has 0 spiro atoms. The predicted molar refractivity (Wildman–Crippen MR) is 142 cm³/mol. The van der Waals surface area contributed by atoms with Gasteiger partial charge in [-0.2, -0.15) is 9.78 Å². The first-order valence-corrected chi connectivity index (χ1v) is 14.0. The molecule has 4 saturated carbocycles. The van der Waals surface area contributed by atoms with Gasteiger partial charge in [0, 0.05) is 10.8 Å². The number of thiophene rings is 1. The molecule has 0 unspecified atom stereocenters. The van der Waals surface area contributed by atoms with Crippen LogP contribution in [0.4, 0.5) is 5.00 Å². The minimum absolute atomic E-state index is 0.0110. The SMILES string of the molecule is CCOC(=O)c1nn(-c2ccc(OCC)cc2)c(=O)c2c(NC(=O)C34CC5CC(CC(C5)C3)C4)scc12. The smallest absolute Gasteiger partial charge is 0.359 e. The van der Waals surface area contributed by atoms with E-state index in [2.05, 4.69) is 10.4 Å². The summed E-state index contributed by atoms with van der Waals surface area (Å²) in [7, 11) is 0. The Morgan fingerprint density at radius 2 is 1.70 bits per heavy atom. The van der Waals surface area contributed by atoms with E-state index >= 15 is 0 Å². The first-order chi connectivity index (χ1) is 17.9. The third-order valence-electron chi connectivity index (χ3n) is 8.26. The van der Waals surface area contributed by atoms with Crippen LogP contribution in [0.2, 0.25) is 0 Å². The van der Waals surface area contributed by atoms with E-state index in [4.69, 9.17) is 9.47 Å². The summed E-state index contributed by atoms with van der Waals surface area (Å²) in [5.74, 6) is 1.97. The summed E-state index contributed by atoms with van der Waals surface area (Å²) >= 11 is 1.26. The molecule has 0 aliphatic heterocycles. The number of anilines is 1. The number of amides is 1. The van der Waals surface area contributed by atoms with Gasteiger partial charge in [0.15, 0.2) is 5.69 Å². The van der Waals surface area contributed by atoms with E-state index in [1.165, 1.54) is 35.3 Å². The number of ether oxygens (including phenoxy) is 2. The number of esters is 1. The molecule has 0 saturated heterocycles. The van der Waals surface area contributed by atoms with E-state index < -0.39 is 11.5 Å². The highest BCUT2D eigenvalue weighted by molar-refractivity contribution is 7.16. The quantitative estimate of drug-likeness (QED) is 0.430. The molecule has 9 heteroatoms. The molecule has 37 heavy (non-hydrogen) atoms. The van der Waals surface area contributed by atoms with Gasteiger partial charge in [-0.1, -0.05) is 0 Å². The fourth-order valence-corrected chi connectivity index (χ4v) is 8.07. The fourth-order valence-electron chi connectivity index (χ4n) is 7.14. The molecule has 7 rings (SSSR count). The molecular formula is C28H31N3O5S. The molecule has 1 aromatic carbocycles. The van der Waals surface area contributed by atoms with Crippen molar-refractivity contribution >= 4 is 39.0 Å². The summed E-state index contributed by atoms with van der Waals surface area (Å²) in [6.07, 6.45) is 6.53. The van der Waals surface area contributed by atoms with E-state index in [1.807, 2.05) is 6.92 Å². The van der Waals surface area contributed by atoms with Crippen LogP contribution in [0.3, 0.4) is 0 Å². The maximum absolute atomic E-state index is 13.8. The summed E-state index contributed by atoms with van der Waals surface area (Å²) in [5.41, 5.74) is -0.201. The molecule has 4 aliphatic rings. The standard InChI is InChI=1S/C28H31N3O5S/c1-3-35-20-7-5-19(6-8-20)31-25(32)22-21(23(30-31)26(33)36-4-2)15-37-24(22)29-27(34)28-12-16-9-17(13-28)11-18(10-16)14-28/h5-8,15-18H,3-4,9-14H2,1-2H3,(H,29,34). The van der Waals surface area contributed by atoms with Crippen molar-refractivity contribution in [2.45, 2.75) is 52.4 Å². The number of fused-ring (bicyclic) bond motifs is 1. The maximum atomic E-state index is 13.8. The summed E-state index contributed by atoms with van der Waals surface area (Å²) in [6, 6.07) is 6.95. The van der Waals surface area contributed by atoms with E-state index in [0.717, 1.165) is 19.3 Å². The molecule has 4 aliphatic carbocycles. The number of carbonyl (C=O) groups excluding carboxylic acids is 2. The van der Waals surface area contributed by atoms with Crippen LogP contribution in [0.5, 0.6) is 5.75 Å². The number of hydrogen-bond donors (Lipinski definition) is 1. The number of nitrogens with one attached hydrogen (secondary N) is 1. The van der Waals surface area contributed by atoms with Gasteiger partial charge >= 0.3 is 5.97 Å². The monoisotopic (exact) mass is 521 g/mol. The van der Waals surface area contributed by atoms with Crippen molar-refractivity contribution in [1.82, 2.24) is 9.78 Å². The highest BCUT2D eigenvalue weighted by atomic mass is 32.1. The molecule has 0 atom stereocenters. The molecule has 3 aromatic rings. The third kappa shape index (κ3) is 4.13. The maximum Gasteiger partial charge on any atom is 0.359 e. The van der Waals surface area contributed by atoms with Gasteiger partial charge in [-0.3, -0.25) is 9.59 Å². The zero-order chi connectivity index (χ0) is 25.7. The Kier molecular flexibility index (Phi) is 6.06. The number of carbonyl (C=O) groups is 2. The summed E-state index contributed by atoms with van der Waals surface area (Å²) in [6.45, 7) is 4.33. The molecule has 0 radical (unpaired) electrons. The van der Waals surface area contributed by atoms with Gasteiger partial charge in [0.25, 0.3) is 5.56 Å². The molecule has 2 aromatic heterocycles. The Balaban J connectivity index is 1.41. The van der Waals surface area contributed by atoms with Gasteiger partial charge in [0.05, 0.1) is 29.7 Å². The lowest BCUT2D eigenvalue weighted by molar-refractivity contribution is -0.140. The number of nitrogens with zero attached hydrogens (tertiary/aromatic N) is 2. The lowest BCUT2D eigenvalue weighted by atomic mass is 9.49. The minimum atomic E-state index is -0.607. The Bertz CT molecular complexity index is 1390. The van der Waals surface area contributed by atoms with Crippen LogP contribution < -0.4 is 15.6 Å². The van der Waals surface area contributed by atoms with Crippen LogP contribution in [0.25, 0.3) is 16.5 Å². The van der Waals surface area contributed by atoms with Crippen molar-refractivity contribution in [1.29, 1.82) is 0 Å². The second-order valence-corrected chi connectivity index (χ2v) is 11.6. The predicted octanol–water partition coefficient (Wildman–Crippen LogP) is 5.18. The van der Waals surface area contributed by atoms with Crippen molar-refractivity contribution in [3.05, 3.63) is 45.7 Å². The summed E-state index contributed by atoms with van der Waals surface area (Å²) in [5, 5.41) is 10.4. The van der Waals surface area contributed by atoms with Gasteiger partial charge in [-0.25, -0.2) is 4.79 Å². The second kappa shape index (κ2) is 9.28. The Hall–Kier alpha value is -3.20. The van der Waals surface area contributed by atoms with Crippen LogP contribution in [0.1, 0.15) is 62.9 Å². The molecule has 2 heterocycles. The van der Waals surface area contributed by atoms with Crippen molar-refractivity contribution < 1.29 is 19.1 Å². The molecule has 1 N–H and O–H groups in total. The number of aromatic nitrogens is 2. The number of rotatable bonds is 7. The zero-order valence-corrected chi connectivity index (χ0v) is 21.9. The average Bonchev–Trinajstić information content (AvgIpc) is 3.28. The van der Waals surface area contributed by atoms with Crippen LogP contribution in [0.15, 0.2) is 34.4 Å². The lowest BCUT2D eigenvalue weighted by Gasteiger charge is -2.55. The third-order valence-corrected chi connectivity index (χ3v) is 9.16. The van der Waals surface area contributed by atoms with E-state index in [0.29, 0.717) is 46.2 Å². The fraction of sp³-hybridized carbons (Fsp3) is 0.500. The normalized spacial score (nSPS) is 25.8. The van der Waals surface area contributed by atoms with Crippen molar-refractivity contribution in [3.8, 4) is 11.4 Å². The van der Waals surface area contributed by atoms with Gasteiger partial charge in [0.2, 0.25) is 5.91 Å². The average molecular weight is 522 g/mol. The molecule has 194 valence electrons. The lowest BCUT2D eigenvalue weighted by Crippen LogP contribution is -2.51. The first kappa shape index (κ1) is 24.2. The van der Waals surface area contributed by atoms with E-state index in [9.17, 15) is 14.4 Å². The largest absolute Gasteiger partial charge is 0.494 e. The molecule has 4 fully saturated rings. The highest BCUT2D eigenvalue weighted by Crippen LogP contribution is 2.60. The minimum Gasteiger partial charge on any atom is -0.494 e. The van der Waals surface area contributed by atoms with Crippen molar-refractivity contribution in [2.24, 2.45) is 23.2 Å². The van der Waals surface area contributed by atoms with E-state index in [1.54, 1.807) is 36.6 Å². The summed E-state index contributed by atoms with van der Waals surface area (Å²) in [4.78, 5) is 40.4. The first-order valence-electron chi connectivity index (χ1n) is 13.2. The van der Waals surface area contributed by atoms with Crippen LogP contribution in [0, 0.1) is 23.2 Å². The number of hydrogen-bond acceptors (Lipinski definition) is 7. The Morgan fingerprint density at radius 1 is 1.05 bits per heavy atom. The Labute approximate surface area is 219 Å². The van der Waals surface area contributed by atoms with Gasteiger partial charge in [-0.15, -0.1) is 11.3 Å². The van der Waals surface area contributed by atoms with Crippen LogP contribution in [-0.2, 0) is 9.53 Å². The van der Waals surface area contributed by atoms with Crippen LogP contribution in [-0.4, -0.2) is 34.9 Å². The molecule has 8 nitrogen and oxygen atoms in total. The Morgan fingerprint density at radius 3 is 2.30 bits per heavy atom. The molecule has 1 amide bonds. The molecular weight excluding hydrogens is 490 g/mol. The molecule has 4 bridgehead atoms. The summed E-state index contributed by atoms with van der Waals surface area (Å²) < 4.78 is 12.0. The second-order valence-electron chi connectivity index (χ2n) is 10.7. The van der Waals surface area contributed by atoms with Crippen molar-refractivity contribution in [2.75, 3.05) is 18.5 Å². The topological polar surface area (TPSA) is 99.5 Å².